The Labute approximate surface area is 127 Å². The Kier molecular flexibility index (Phi) is 6.25. The van der Waals surface area contributed by atoms with E-state index in [4.69, 9.17) is 0 Å². The van der Waals surface area contributed by atoms with Crippen molar-refractivity contribution in [3.63, 3.8) is 0 Å². The van der Waals surface area contributed by atoms with E-state index in [1.54, 1.807) is 24.3 Å². The molecule has 0 unspecified atom stereocenters. The fraction of sp³-hybridized carbons (Fsp3) is 0.188. The summed E-state index contributed by atoms with van der Waals surface area (Å²) in [5, 5.41) is 12.4. The predicted octanol–water partition coefficient (Wildman–Crippen LogP) is 4.74. The number of nitrogens with one attached hydrogen (secondary N) is 1. The molecule has 0 spiro atoms. The lowest BCUT2D eigenvalue weighted by Crippen LogP contribution is -2.12. The molecular weight excluding hydrogens is 318 g/mol. The lowest BCUT2D eigenvalue weighted by Gasteiger charge is -2.07. The van der Waals surface area contributed by atoms with Crippen LogP contribution >= 0.6 is 15.9 Å². The van der Waals surface area contributed by atoms with Crippen molar-refractivity contribution in [1.82, 2.24) is 0 Å². The molecule has 0 saturated heterocycles. The Morgan fingerprint density at radius 1 is 1.10 bits per heavy atom. The van der Waals surface area contributed by atoms with Gasteiger partial charge in [-0.15, -0.1) is 0 Å². The van der Waals surface area contributed by atoms with Gasteiger partial charge >= 0.3 is 0 Å². The number of anilines is 1. The zero-order chi connectivity index (χ0) is 15.1. The van der Waals surface area contributed by atoms with Gasteiger partial charge in [0.1, 0.15) is 5.75 Å². The highest BCUT2D eigenvalue weighted by Crippen LogP contribution is 2.20. The minimum Gasteiger partial charge on any atom is -0.507 e. The third kappa shape index (κ3) is 4.38. The van der Waals surface area contributed by atoms with Crippen LogP contribution in [0.15, 0.2) is 46.9 Å². The molecule has 0 bridgehead atoms. The smallest absolute Gasteiger partial charge is 0.259 e. The van der Waals surface area contributed by atoms with Crippen molar-refractivity contribution in [2.75, 3.05) is 5.32 Å². The van der Waals surface area contributed by atoms with Gasteiger partial charge in [0.15, 0.2) is 0 Å². The van der Waals surface area contributed by atoms with Crippen molar-refractivity contribution in [1.29, 1.82) is 0 Å². The van der Waals surface area contributed by atoms with E-state index in [1.807, 2.05) is 32.9 Å². The highest BCUT2D eigenvalue weighted by atomic mass is 79.9. The van der Waals surface area contributed by atoms with Crippen LogP contribution in [0.5, 0.6) is 5.75 Å². The zero-order valence-electron chi connectivity index (χ0n) is 11.8. The number of amides is 1. The Morgan fingerprint density at radius 2 is 1.70 bits per heavy atom. The third-order valence-electron chi connectivity index (χ3n) is 2.50. The molecule has 106 valence electrons. The van der Waals surface area contributed by atoms with Crippen LogP contribution in [0.1, 0.15) is 29.8 Å². The molecule has 2 aromatic rings. The maximum absolute atomic E-state index is 12.0. The molecule has 0 saturated carbocycles. The summed E-state index contributed by atoms with van der Waals surface area (Å²) in [6, 6.07) is 12.2. The van der Waals surface area contributed by atoms with Gasteiger partial charge in [0.05, 0.1) is 5.56 Å². The topological polar surface area (TPSA) is 49.3 Å². The van der Waals surface area contributed by atoms with Gasteiger partial charge in [0, 0.05) is 10.2 Å². The van der Waals surface area contributed by atoms with Crippen molar-refractivity contribution >= 4 is 27.5 Å². The average molecular weight is 336 g/mol. The summed E-state index contributed by atoms with van der Waals surface area (Å²) in [5.41, 5.74) is 1.88. The van der Waals surface area contributed by atoms with Gasteiger partial charge in [-0.3, -0.25) is 4.79 Å². The molecule has 0 aromatic heterocycles. The molecule has 0 aliphatic carbocycles. The first-order valence-electron chi connectivity index (χ1n) is 6.43. The number of phenols is 1. The molecule has 2 N–H and O–H groups in total. The zero-order valence-corrected chi connectivity index (χ0v) is 13.4. The molecule has 2 rings (SSSR count). The summed E-state index contributed by atoms with van der Waals surface area (Å²) in [5.74, 6) is -0.339. The van der Waals surface area contributed by atoms with E-state index >= 15 is 0 Å². The Bertz CT molecular complexity index is 580. The molecule has 0 fully saturated rings. The number of hydrogen-bond acceptors (Lipinski definition) is 2. The van der Waals surface area contributed by atoms with Crippen molar-refractivity contribution in [2.45, 2.75) is 20.8 Å². The van der Waals surface area contributed by atoms with Crippen LogP contribution in [-0.4, -0.2) is 11.0 Å². The number of halogens is 1. The summed E-state index contributed by atoms with van der Waals surface area (Å²) < 4.78 is 0.943. The van der Waals surface area contributed by atoms with E-state index in [1.165, 1.54) is 6.07 Å². The van der Waals surface area contributed by atoms with E-state index in [-0.39, 0.29) is 17.2 Å². The van der Waals surface area contributed by atoms with Crippen LogP contribution in [0, 0.1) is 6.92 Å². The van der Waals surface area contributed by atoms with Crippen molar-refractivity contribution in [2.24, 2.45) is 0 Å². The van der Waals surface area contributed by atoms with Gasteiger partial charge in [-0.1, -0.05) is 41.4 Å². The molecule has 2 aromatic carbocycles. The number of aryl methyl sites for hydroxylation is 1. The Balaban J connectivity index is 0.000000956. The molecule has 1 amide bonds. The molecular formula is C16H18BrNO2. The van der Waals surface area contributed by atoms with Gasteiger partial charge in [-0.25, -0.2) is 0 Å². The molecule has 0 aliphatic rings. The second-order valence-electron chi connectivity index (χ2n) is 3.98. The number of phenolic OH excluding ortho intramolecular Hbond substituents is 1. The van der Waals surface area contributed by atoms with Crippen molar-refractivity contribution in [3.05, 3.63) is 58.1 Å². The summed E-state index contributed by atoms with van der Waals surface area (Å²) in [7, 11) is 0. The van der Waals surface area contributed by atoms with Gasteiger partial charge < -0.3 is 10.4 Å². The number of rotatable bonds is 2. The summed E-state index contributed by atoms with van der Waals surface area (Å²) in [6.45, 7) is 5.87. The lowest BCUT2D eigenvalue weighted by atomic mass is 10.1. The highest BCUT2D eigenvalue weighted by molar-refractivity contribution is 9.10. The minimum absolute atomic E-state index is 0.0183. The fourth-order valence-electron chi connectivity index (χ4n) is 1.56. The Morgan fingerprint density at radius 3 is 2.30 bits per heavy atom. The number of carbonyl (C=O) groups excluding carboxylic acids is 1. The maximum Gasteiger partial charge on any atom is 0.259 e. The number of benzene rings is 2. The number of aromatic hydroxyl groups is 1. The van der Waals surface area contributed by atoms with Crippen LogP contribution in [0.2, 0.25) is 0 Å². The quantitative estimate of drug-likeness (QED) is 0.832. The Hall–Kier alpha value is -1.81. The second-order valence-corrected chi connectivity index (χ2v) is 4.90. The molecule has 0 atom stereocenters. The largest absolute Gasteiger partial charge is 0.507 e. The second kappa shape index (κ2) is 7.70. The predicted molar refractivity (Wildman–Crippen MR) is 86.3 cm³/mol. The van der Waals surface area contributed by atoms with Gasteiger partial charge in [-0.05, 0) is 43.3 Å². The van der Waals surface area contributed by atoms with Crippen LogP contribution in [-0.2, 0) is 0 Å². The number of carbonyl (C=O) groups is 1. The SMILES string of the molecule is CC.Cc1ccc(O)c(C(=O)Nc2ccc(Br)cc2)c1. The van der Waals surface area contributed by atoms with Crippen molar-refractivity contribution < 1.29 is 9.90 Å². The molecule has 20 heavy (non-hydrogen) atoms. The normalized spacial score (nSPS) is 9.40. The summed E-state index contributed by atoms with van der Waals surface area (Å²) in [6.07, 6.45) is 0. The first kappa shape index (κ1) is 16.2. The molecule has 3 nitrogen and oxygen atoms in total. The van der Waals surface area contributed by atoms with Crippen LogP contribution in [0.3, 0.4) is 0 Å². The van der Waals surface area contributed by atoms with E-state index in [9.17, 15) is 9.90 Å². The van der Waals surface area contributed by atoms with Crippen LogP contribution in [0.25, 0.3) is 0 Å². The maximum atomic E-state index is 12.0. The average Bonchev–Trinajstić information content (AvgIpc) is 2.46. The highest BCUT2D eigenvalue weighted by Gasteiger charge is 2.11. The van der Waals surface area contributed by atoms with Gasteiger partial charge in [-0.2, -0.15) is 0 Å². The van der Waals surface area contributed by atoms with Gasteiger partial charge in [0.2, 0.25) is 0 Å². The van der Waals surface area contributed by atoms with Crippen molar-refractivity contribution in [3.8, 4) is 5.75 Å². The molecule has 0 radical (unpaired) electrons. The minimum atomic E-state index is -0.321. The third-order valence-corrected chi connectivity index (χ3v) is 3.03. The monoisotopic (exact) mass is 335 g/mol. The van der Waals surface area contributed by atoms with Crippen LogP contribution < -0.4 is 5.32 Å². The fourth-order valence-corrected chi connectivity index (χ4v) is 1.83. The molecule has 4 heteroatoms. The molecule has 0 aliphatic heterocycles. The van der Waals surface area contributed by atoms with Crippen LogP contribution in [0.4, 0.5) is 5.69 Å². The van der Waals surface area contributed by atoms with E-state index in [0.29, 0.717) is 5.69 Å². The first-order valence-corrected chi connectivity index (χ1v) is 7.22. The van der Waals surface area contributed by atoms with E-state index < -0.39 is 0 Å². The number of hydrogen-bond donors (Lipinski definition) is 2. The molecule has 0 heterocycles. The lowest BCUT2D eigenvalue weighted by molar-refractivity contribution is 0.102. The first-order chi connectivity index (χ1) is 9.56. The van der Waals surface area contributed by atoms with E-state index in [2.05, 4.69) is 21.2 Å². The van der Waals surface area contributed by atoms with E-state index in [0.717, 1.165) is 10.0 Å². The summed E-state index contributed by atoms with van der Waals surface area (Å²) in [4.78, 5) is 12.0. The standard InChI is InChI=1S/C14H12BrNO2.C2H6/c1-9-2-7-13(17)12(8-9)14(18)16-11-5-3-10(15)4-6-11;1-2/h2-8,17H,1H3,(H,16,18);1-2H3. The van der Waals surface area contributed by atoms with Gasteiger partial charge in [0.25, 0.3) is 5.91 Å². The summed E-state index contributed by atoms with van der Waals surface area (Å²) >= 11 is 3.33.